The third-order valence-corrected chi connectivity index (χ3v) is 8.23. The fourth-order valence-electron chi connectivity index (χ4n) is 5.58. The molecular formula is C38H43N5O5. The molecule has 1 aliphatic heterocycles. The van der Waals surface area contributed by atoms with Crippen LogP contribution in [0, 0.1) is 0 Å². The molecule has 0 bridgehead atoms. The van der Waals surface area contributed by atoms with E-state index < -0.39 is 6.09 Å². The predicted molar refractivity (Wildman–Crippen MR) is 187 cm³/mol. The Labute approximate surface area is 281 Å². The SMILES string of the molecule is COc1ccc(CNCCNC(=O)c2cccc(C(=O)NCCN3CCC(OC(=O)Nc4ccccc4-c4ccccc4)CC3)c2)cc1. The van der Waals surface area contributed by atoms with Crippen LogP contribution in [0.5, 0.6) is 5.75 Å². The molecule has 0 unspecified atom stereocenters. The number of piperidine rings is 1. The van der Waals surface area contributed by atoms with Crippen molar-refractivity contribution in [3.8, 4) is 16.9 Å². The fourth-order valence-corrected chi connectivity index (χ4v) is 5.58. The Hall–Kier alpha value is -5.19. The minimum atomic E-state index is -0.457. The van der Waals surface area contributed by atoms with Crippen LogP contribution in [-0.4, -0.2) is 75.3 Å². The van der Waals surface area contributed by atoms with Crippen LogP contribution in [-0.2, 0) is 11.3 Å². The maximum absolute atomic E-state index is 12.8. The fraction of sp³-hybridized carbons (Fsp3) is 0.289. The van der Waals surface area contributed by atoms with E-state index in [-0.39, 0.29) is 17.9 Å². The number of amides is 3. The lowest BCUT2D eigenvalue weighted by Gasteiger charge is -2.31. The second-order valence-corrected chi connectivity index (χ2v) is 11.6. The first-order valence-corrected chi connectivity index (χ1v) is 16.3. The largest absolute Gasteiger partial charge is 0.497 e. The van der Waals surface area contributed by atoms with Crippen molar-refractivity contribution in [2.24, 2.45) is 0 Å². The molecule has 3 amide bonds. The van der Waals surface area contributed by atoms with Gasteiger partial charge < -0.3 is 30.3 Å². The standard InChI is InChI=1S/C38H43N5O5/c1-47-32-16-14-28(15-17-32)27-39-20-21-40-36(44)30-10-7-11-31(26-30)37(45)41-22-25-43-23-18-33(19-24-43)48-38(46)42-35-13-6-5-12-34(35)29-8-3-2-4-9-29/h2-17,26,33,39H,18-25,27H2,1H3,(H,40,44)(H,41,45)(H,42,46). The summed E-state index contributed by atoms with van der Waals surface area (Å²) in [5.41, 5.74) is 4.67. The van der Waals surface area contributed by atoms with Crippen molar-refractivity contribution in [3.05, 3.63) is 120 Å². The minimum Gasteiger partial charge on any atom is -0.497 e. The molecule has 4 aromatic rings. The number of rotatable bonds is 14. The van der Waals surface area contributed by atoms with Crippen LogP contribution in [0.25, 0.3) is 11.1 Å². The van der Waals surface area contributed by atoms with Crippen LogP contribution in [0.3, 0.4) is 0 Å². The number of benzene rings is 4. The monoisotopic (exact) mass is 649 g/mol. The summed E-state index contributed by atoms with van der Waals surface area (Å²) in [6.45, 7) is 4.43. The van der Waals surface area contributed by atoms with Crippen LogP contribution >= 0.6 is 0 Å². The van der Waals surface area contributed by atoms with Crippen LogP contribution in [0.1, 0.15) is 39.1 Å². The molecule has 48 heavy (non-hydrogen) atoms. The minimum absolute atomic E-state index is 0.169. The highest BCUT2D eigenvalue weighted by atomic mass is 16.6. The van der Waals surface area contributed by atoms with Gasteiger partial charge in [-0.1, -0.05) is 66.7 Å². The van der Waals surface area contributed by atoms with E-state index in [0.717, 1.165) is 48.4 Å². The van der Waals surface area contributed by atoms with Gasteiger partial charge in [0, 0.05) is 62.5 Å². The maximum Gasteiger partial charge on any atom is 0.411 e. The van der Waals surface area contributed by atoms with Crippen LogP contribution in [0.4, 0.5) is 10.5 Å². The first-order chi connectivity index (χ1) is 23.5. The number of methoxy groups -OCH3 is 1. The molecule has 0 atom stereocenters. The Bertz CT molecular complexity index is 1640. The number of nitrogens with one attached hydrogen (secondary N) is 4. The lowest BCUT2D eigenvalue weighted by atomic mass is 10.0. The smallest absolute Gasteiger partial charge is 0.411 e. The summed E-state index contributed by atoms with van der Waals surface area (Å²) in [6.07, 6.45) is 0.811. The summed E-state index contributed by atoms with van der Waals surface area (Å²) in [5.74, 6) is 0.362. The van der Waals surface area contributed by atoms with Gasteiger partial charge in [-0.05, 0) is 60.4 Å². The van der Waals surface area contributed by atoms with Crippen molar-refractivity contribution >= 4 is 23.6 Å². The third-order valence-electron chi connectivity index (χ3n) is 8.23. The van der Waals surface area contributed by atoms with Gasteiger partial charge in [-0.15, -0.1) is 0 Å². The number of hydrogen-bond donors (Lipinski definition) is 4. The van der Waals surface area contributed by atoms with Gasteiger partial charge in [0.25, 0.3) is 11.8 Å². The van der Waals surface area contributed by atoms with Crippen molar-refractivity contribution in [2.45, 2.75) is 25.5 Å². The van der Waals surface area contributed by atoms with Gasteiger partial charge in [-0.25, -0.2) is 4.79 Å². The van der Waals surface area contributed by atoms with E-state index in [1.807, 2.05) is 78.9 Å². The van der Waals surface area contributed by atoms with Crippen molar-refractivity contribution in [2.75, 3.05) is 51.7 Å². The van der Waals surface area contributed by atoms with E-state index >= 15 is 0 Å². The molecule has 0 aliphatic carbocycles. The van der Waals surface area contributed by atoms with Gasteiger partial charge in [-0.2, -0.15) is 0 Å². The molecule has 1 heterocycles. The summed E-state index contributed by atoms with van der Waals surface area (Å²) in [5, 5.41) is 12.1. The van der Waals surface area contributed by atoms with Gasteiger partial charge in [0.15, 0.2) is 0 Å². The predicted octanol–water partition coefficient (Wildman–Crippen LogP) is 5.32. The van der Waals surface area contributed by atoms with E-state index in [4.69, 9.17) is 9.47 Å². The molecule has 1 fully saturated rings. The van der Waals surface area contributed by atoms with Crippen LogP contribution < -0.4 is 26.0 Å². The number of carbonyl (C=O) groups excluding carboxylic acids is 3. The Morgan fingerprint density at radius 2 is 1.42 bits per heavy atom. The average Bonchev–Trinajstić information content (AvgIpc) is 3.13. The van der Waals surface area contributed by atoms with Crippen LogP contribution in [0.15, 0.2) is 103 Å². The first kappa shape index (κ1) is 34.2. The Morgan fingerprint density at radius 1 is 0.750 bits per heavy atom. The quantitative estimate of drug-likeness (QED) is 0.136. The summed E-state index contributed by atoms with van der Waals surface area (Å²) < 4.78 is 10.9. The zero-order valence-electron chi connectivity index (χ0n) is 27.2. The van der Waals surface area contributed by atoms with Gasteiger partial charge in [0.1, 0.15) is 11.9 Å². The molecule has 0 spiro atoms. The third kappa shape index (κ3) is 10.2. The van der Waals surface area contributed by atoms with E-state index in [9.17, 15) is 14.4 Å². The molecule has 4 N–H and O–H groups in total. The first-order valence-electron chi connectivity index (χ1n) is 16.3. The average molecular weight is 650 g/mol. The molecule has 0 aromatic heterocycles. The maximum atomic E-state index is 12.8. The van der Waals surface area contributed by atoms with Crippen molar-refractivity contribution in [3.63, 3.8) is 0 Å². The highest BCUT2D eigenvalue weighted by Gasteiger charge is 2.23. The Morgan fingerprint density at radius 3 is 2.12 bits per heavy atom. The number of likely N-dealkylation sites (tertiary alicyclic amines) is 1. The van der Waals surface area contributed by atoms with E-state index in [0.29, 0.717) is 49.5 Å². The number of ether oxygens (including phenoxy) is 2. The lowest BCUT2D eigenvalue weighted by molar-refractivity contribution is 0.0587. The number of para-hydroxylation sites is 1. The van der Waals surface area contributed by atoms with Crippen molar-refractivity contribution in [1.82, 2.24) is 20.9 Å². The van der Waals surface area contributed by atoms with E-state index in [1.54, 1.807) is 31.4 Å². The summed E-state index contributed by atoms with van der Waals surface area (Å²) in [7, 11) is 1.64. The zero-order chi connectivity index (χ0) is 33.6. The van der Waals surface area contributed by atoms with Gasteiger partial charge in [0.05, 0.1) is 12.8 Å². The highest BCUT2D eigenvalue weighted by Crippen LogP contribution is 2.28. The summed E-state index contributed by atoms with van der Waals surface area (Å²) in [4.78, 5) is 40.5. The normalized spacial score (nSPS) is 13.4. The summed E-state index contributed by atoms with van der Waals surface area (Å²) in [6, 6.07) is 32.1. The van der Waals surface area contributed by atoms with E-state index in [1.165, 1.54) is 0 Å². The molecular weight excluding hydrogens is 606 g/mol. The van der Waals surface area contributed by atoms with Crippen molar-refractivity contribution in [1.29, 1.82) is 0 Å². The molecule has 0 saturated carbocycles. The number of anilines is 1. The molecule has 0 radical (unpaired) electrons. The van der Waals surface area contributed by atoms with E-state index in [2.05, 4.69) is 26.2 Å². The summed E-state index contributed by atoms with van der Waals surface area (Å²) >= 11 is 0. The number of hydrogen-bond acceptors (Lipinski definition) is 7. The van der Waals surface area contributed by atoms with Crippen LogP contribution in [0.2, 0.25) is 0 Å². The molecule has 250 valence electrons. The highest BCUT2D eigenvalue weighted by molar-refractivity contribution is 5.99. The zero-order valence-corrected chi connectivity index (χ0v) is 27.2. The number of carbonyl (C=O) groups is 3. The number of nitrogens with zero attached hydrogens (tertiary/aromatic N) is 1. The van der Waals surface area contributed by atoms with Crippen molar-refractivity contribution < 1.29 is 23.9 Å². The molecule has 1 saturated heterocycles. The lowest BCUT2D eigenvalue weighted by Crippen LogP contribution is -2.42. The molecule has 5 rings (SSSR count). The van der Waals surface area contributed by atoms with Gasteiger partial charge in [0.2, 0.25) is 0 Å². The molecule has 10 nitrogen and oxygen atoms in total. The van der Waals surface area contributed by atoms with Gasteiger partial charge in [-0.3, -0.25) is 14.9 Å². The Kier molecular flexibility index (Phi) is 12.6. The second-order valence-electron chi connectivity index (χ2n) is 11.6. The molecule has 10 heteroatoms. The molecule has 1 aliphatic rings. The topological polar surface area (TPSA) is 121 Å². The second kappa shape index (κ2) is 17.7. The Balaban J connectivity index is 0.973. The molecule has 4 aromatic carbocycles. The van der Waals surface area contributed by atoms with Gasteiger partial charge >= 0.3 is 6.09 Å².